The van der Waals surface area contributed by atoms with Gasteiger partial charge in [-0.1, -0.05) is 35.9 Å². The zero-order valence-electron chi connectivity index (χ0n) is 20.9. The Morgan fingerprint density at radius 1 is 1.08 bits per heavy atom. The number of carbonyl (C=O) groups is 1. The van der Waals surface area contributed by atoms with Crippen LogP contribution in [0.3, 0.4) is 0 Å². The Morgan fingerprint density at radius 3 is 2.59 bits per heavy atom. The second-order valence-electron chi connectivity index (χ2n) is 9.33. The van der Waals surface area contributed by atoms with Gasteiger partial charge in [-0.25, -0.2) is 22.4 Å². The molecule has 1 amide bonds. The first-order valence-corrected chi connectivity index (χ1v) is 13.7. The second-order valence-corrected chi connectivity index (χ2v) is 11.1. The molecule has 4 aromatic rings. The van der Waals surface area contributed by atoms with Crippen molar-refractivity contribution in [2.24, 2.45) is 0 Å². The average Bonchev–Trinajstić information content (AvgIpc) is 3.37. The van der Waals surface area contributed by atoms with E-state index < -0.39 is 10.0 Å². The zero-order valence-corrected chi connectivity index (χ0v) is 21.7. The molecule has 2 aromatic carbocycles. The van der Waals surface area contributed by atoms with Gasteiger partial charge in [0.15, 0.2) is 5.65 Å². The molecule has 1 unspecified atom stereocenters. The van der Waals surface area contributed by atoms with E-state index in [9.17, 15) is 13.2 Å². The lowest BCUT2D eigenvalue weighted by molar-refractivity contribution is -0.130. The number of carbonyl (C=O) groups excluding carboxylic acids is 1. The van der Waals surface area contributed by atoms with Gasteiger partial charge in [-0.2, -0.15) is 0 Å². The first kappa shape index (κ1) is 24.8. The molecule has 0 aliphatic carbocycles. The van der Waals surface area contributed by atoms with Crippen LogP contribution in [0.5, 0.6) is 0 Å². The maximum atomic E-state index is 13.3. The highest BCUT2D eigenvalue weighted by Gasteiger charge is 2.29. The number of anilines is 2. The van der Waals surface area contributed by atoms with Crippen LogP contribution >= 0.6 is 0 Å². The Hall–Kier alpha value is -3.92. The van der Waals surface area contributed by atoms with Crippen LogP contribution < -0.4 is 10.2 Å². The molecular weight excluding hydrogens is 488 g/mol. The molecule has 1 saturated heterocycles. The molecule has 3 heterocycles. The van der Waals surface area contributed by atoms with Gasteiger partial charge in [0.2, 0.25) is 5.91 Å². The molecular formula is C27H30N6O3S. The van der Waals surface area contributed by atoms with Crippen LogP contribution in [0.25, 0.3) is 11.0 Å². The normalized spacial score (nSPS) is 16.1. The Morgan fingerprint density at radius 2 is 1.84 bits per heavy atom. The van der Waals surface area contributed by atoms with Gasteiger partial charge in [0, 0.05) is 38.1 Å². The van der Waals surface area contributed by atoms with Crippen molar-refractivity contribution >= 4 is 38.5 Å². The minimum Gasteiger partial charge on any atom is -0.376 e. The van der Waals surface area contributed by atoms with Gasteiger partial charge >= 0.3 is 0 Å². The van der Waals surface area contributed by atoms with E-state index in [2.05, 4.69) is 20.2 Å². The first-order chi connectivity index (χ1) is 17.8. The Kier molecular flexibility index (Phi) is 6.84. The third-order valence-corrected chi connectivity index (χ3v) is 8.54. The molecule has 1 aliphatic heterocycles. The van der Waals surface area contributed by atoms with Gasteiger partial charge in [0.05, 0.1) is 16.8 Å². The fourth-order valence-electron chi connectivity index (χ4n) is 4.71. The molecule has 10 heteroatoms. The molecule has 2 aromatic heterocycles. The van der Waals surface area contributed by atoms with Crippen molar-refractivity contribution in [1.29, 1.82) is 0 Å². The lowest BCUT2D eigenvalue weighted by atomic mass is 10.0. The summed E-state index contributed by atoms with van der Waals surface area (Å²) in [6.07, 6.45) is 4.72. The standard InChI is InChI=1S/C27H30N6O3S/c1-20-10-12-23(13-11-20)37(35,36)33-16-14-24-26(29-19-30-27(24)33)32-15-6-9-22(18-32)31(2)25(34)17-28-21-7-4-3-5-8-21/h3-5,7-8,10-14,16,19,22,28H,6,9,15,17-18H2,1-2H3. The molecule has 1 fully saturated rings. The highest BCUT2D eigenvalue weighted by molar-refractivity contribution is 7.90. The number of nitrogens with zero attached hydrogens (tertiary/aromatic N) is 5. The van der Waals surface area contributed by atoms with Crippen molar-refractivity contribution < 1.29 is 13.2 Å². The molecule has 0 bridgehead atoms. The maximum Gasteiger partial charge on any atom is 0.269 e. The van der Waals surface area contributed by atoms with E-state index in [0.717, 1.165) is 30.6 Å². The molecule has 0 saturated carbocycles. The molecule has 37 heavy (non-hydrogen) atoms. The van der Waals surface area contributed by atoms with Crippen molar-refractivity contribution in [1.82, 2.24) is 18.8 Å². The Bertz CT molecular complexity index is 1500. The molecule has 192 valence electrons. The number of piperidine rings is 1. The lowest BCUT2D eigenvalue weighted by Crippen LogP contribution is -2.50. The van der Waals surface area contributed by atoms with E-state index in [1.807, 2.05) is 44.3 Å². The number of benzene rings is 2. The van der Waals surface area contributed by atoms with Gasteiger partial charge in [-0.15, -0.1) is 0 Å². The number of para-hydroxylation sites is 1. The van der Waals surface area contributed by atoms with Crippen molar-refractivity contribution in [3.05, 3.63) is 78.8 Å². The number of hydrogen-bond donors (Lipinski definition) is 1. The molecule has 9 nitrogen and oxygen atoms in total. The quantitative estimate of drug-likeness (QED) is 0.400. The molecule has 1 atom stereocenters. The number of aromatic nitrogens is 3. The minimum absolute atomic E-state index is 0.0129. The predicted molar refractivity (Wildman–Crippen MR) is 144 cm³/mol. The molecule has 5 rings (SSSR count). The smallest absolute Gasteiger partial charge is 0.269 e. The number of rotatable bonds is 7. The SMILES string of the molecule is Cc1ccc(S(=O)(=O)n2ccc3c(N4CCCC(N(C)C(=O)CNc5ccccc5)C4)ncnc32)cc1. The largest absolute Gasteiger partial charge is 0.376 e. The molecule has 1 N–H and O–H groups in total. The maximum absolute atomic E-state index is 13.3. The van der Waals surface area contributed by atoms with E-state index >= 15 is 0 Å². The summed E-state index contributed by atoms with van der Waals surface area (Å²) in [6.45, 7) is 3.50. The number of nitrogens with one attached hydrogen (secondary N) is 1. The molecule has 1 aliphatic rings. The van der Waals surface area contributed by atoms with Gasteiger partial charge in [0.1, 0.15) is 12.1 Å². The summed E-state index contributed by atoms with van der Waals surface area (Å²) < 4.78 is 27.9. The van der Waals surface area contributed by atoms with E-state index in [4.69, 9.17) is 0 Å². The zero-order chi connectivity index (χ0) is 26.0. The number of amides is 1. The van der Waals surface area contributed by atoms with E-state index in [0.29, 0.717) is 23.4 Å². The number of fused-ring (bicyclic) bond motifs is 1. The average molecular weight is 519 g/mol. The van der Waals surface area contributed by atoms with Crippen LogP contribution in [0, 0.1) is 6.92 Å². The van der Waals surface area contributed by atoms with Crippen molar-refractivity contribution in [2.45, 2.75) is 30.7 Å². The van der Waals surface area contributed by atoms with Crippen LogP contribution in [-0.4, -0.2) is 65.9 Å². The highest BCUT2D eigenvalue weighted by atomic mass is 32.2. The molecule has 0 radical (unpaired) electrons. The first-order valence-electron chi connectivity index (χ1n) is 12.3. The van der Waals surface area contributed by atoms with Gasteiger partial charge < -0.3 is 15.1 Å². The highest BCUT2D eigenvalue weighted by Crippen LogP contribution is 2.29. The van der Waals surface area contributed by atoms with E-state index in [1.165, 1.54) is 16.5 Å². The van der Waals surface area contributed by atoms with E-state index in [-0.39, 0.29) is 23.4 Å². The summed E-state index contributed by atoms with van der Waals surface area (Å²) in [5.41, 5.74) is 2.23. The number of aryl methyl sites for hydroxylation is 1. The summed E-state index contributed by atoms with van der Waals surface area (Å²) in [5.74, 6) is 0.690. The summed E-state index contributed by atoms with van der Waals surface area (Å²) in [7, 11) is -1.97. The van der Waals surface area contributed by atoms with Crippen LogP contribution in [0.2, 0.25) is 0 Å². The van der Waals surface area contributed by atoms with Crippen LogP contribution in [0.4, 0.5) is 11.5 Å². The van der Waals surface area contributed by atoms with Gasteiger partial charge in [-0.05, 0) is 50.1 Å². The summed E-state index contributed by atoms with van der Waals surface area (Å²) >= 11 is 0. The summed E-state index contributed by atoms with van der Waals surface area (Å²) in [4.78, 5) is 25.8. The lowest BCUT2D eigenvalue weighted by Gasteiger charge is -2.38. The summed E-state index contributed by atoms with van der Waals surface area (Å²) in [5, 5.41) is 3.85. The Balaban J connectivity index is 1.35. The third-order valence-electron chi connectivity index (χ3n) is 6.86. The van der Waals surface area contributed by atoms with Crippen LogP contribution in [0.15, 0.2) is 78.1 Å². The topological polar surface area (TPSA) is 100 Å². The Labute approximate surface area is 216 Å². The van der Waals surface area contributed by atoms with Crippen molar-refractivity contribution in [3.63, 3.8) is 0 Å². The predicted octanol–water partition coefficient (Wildman–Crippen LogP) is 3.52. The number of likely N-dealkylation sites (N-methyl/N-ethyl adjacent to an activating group) is 1. The fourth-order valence-corrected chi connectivity index (χ4v) is 6.01. The van der Waals surface area contributed by atoms with Crippen molar-refractivity contribution in [3.8, 4) is 0 Å². The monoisotopic (exact) mass is 518 g/mol. The van der Waals surface area contributed by atoms with E-state index in [1.54, 1.807) is 35.2 Å². The van der Waals surface area contributed by atoms with Gasteiger partial charge in [0.25, 0.3) is 10.0 Å². The van der Waals surface area contributed by atoms with Crippen molar-refractivity contribution in [2.75, 3.05) is 36.9 Å². The van der Waals surface area contributed by atoms with Crippen LogP contribution in [-0.2, 0) is 14.8 Å². The minimum atomic E-state index is -3.80. The number of hydrogen-bond acceptors (Lipinski definition) is 7. The summed E-state index contributed by atoms with van der Waals surface area (Å²) in [6, 6.07) is 18.2. The molecule has 0 spiro atoms. The second kappa shape index (κ2) is 10.2. The van der Waals surface area contributed by atoms with Crippen LogP contribution in [0.1, 0.15) is 18.4 Å². The third kappa shape index (κ3) is 5.01. The fraction of sp³-hybridized carbons (Fsp3) is 0.296. The van der Waals surface area contributed by atoms with Gasteiger partial charge in [-0.3, -0.25) is 4.79 Å².